The molecule has 0 bridgehead atoms. The Morgan fingerprint density at radius 3 is 2.55 bits per heavy atom. The third-order valence-electron chi connectivity index (χ3n) is 2.91. The van der Waals surface area contributed by atoms with Crippen molar-refractivity contribution in [3.05, 3.63) is 35.6 Å². The van der Waals surface area contributed by atoms with Crippen molar-refractivity contribution in [3.8, 4) is 0 Å². The molecule has 1 aromatic rings. The molecule has 1 unspecified atom stereocenters. The average molecular weight is 273 g/mol. The van der Waals surface area contributed by atoms with Gasteiger partial charge in [0.05, 0.1) is 0 Å². The molecule has 0 N–H and O–H groups in total. The predicted molar refractivity (Wildman–Crippen MR) is 67.2 cm³/mol. The van der Waals surface area contributed by atoms with Crippen LogP contribution in [0.25, 0.3) is 0 Å². The van der Waals surface area contributed by atoms with Gasteiger partial charge in [0.1, 0.15) is 5.82 Å². The lowest BCUT2D eigenvalue weighted by Crippen LogP contribution is -2.47. The highest BCUT2D eigenvalue weighted by Gasteiger charge is 2.37. The van der Waals surface area contributed by atoms with E-state index in [1.165, 1.54) is 31.3 Å². The Bertz CT molecular complexity index is 692. The highest BCUT2D eigenvalue weighted by atomic mass is 19.1. The maximum absolute atomic E-state index is 12.9. The maximum atomic E-state index is 12.9. The van der Waals surface area contributed by atoms with Crippen molar-refractivity contribution in [1.29, 1.82) is 0 Å². The molecular formula is C12H8FN5O2. The third-order valence-corrected chi connectivity index (χ3v) is 2.91. The summed E-state index contributed by atoms with van der Waals surface area (Å²) in [4.78, 5) is 32.0. The standard InChI is InChI=1S/C12H8FN5O2/c1-18-11(19)8-10(15-12(18)20)17-16-9(14-8)6-2-4-7(13)5-3-6/h2-5,8H,1H3. The van der Waals surface area contributed by atoms with E-state index in [0.29, 0.717) is 5.56 Å². The fraction of sp³-hybridized carbons (Fsp3) is 0.167. The number of halogens is 1. The second-order valence-electron chi connectivity index (χ2n) is 4.21. The molecule has 0 fully saturated rings. The molecule has 7 nitrogen and oxygen atoms in total. The summed E-state index contributed by atoms with van der Waals surface area (Å²) in [6.45, 7) is 0. The first-order valence-corrected chi connectivity index (χ1v) is 5.72. The number of urea groups is 1. The minimum absolute atomic E-state index is 0.0241. The molecule has 0 spiro atoms. The molecule has 3 rings (SSSR count). The summed E-state index contributed by atoms with van der Waals surface area (Å²) in [5, 5.41) is 7.56. The van der Waals surface area contributed by atoms with Crippen molar-refractivity contribution in [2.24, 2.45) is 20.2 Å². The van der Waals surface area contributed by atoms with Crippen molar-refractivity contribution in [2.75, 3.05) is 7.05 Å². The molecule has 20 heavy (non-hydrogen) atoms. The molecule has 2 aliphatic heterocycles. The molecule has 100 valence electrons. The summed E-state index contributed by atoms with van der Waals surface area (Å²) in [5.41, 5.74) is 0.529. The van der Waals surface area contributed by atoms with Gasteiger partial charge in [-0.1, -0.05) is 0 Å². The highest BCUT2D eigenvalue weighted by Crippen LogP contribution is 2.17. The fourth-order valence-corrected chi connectivity index (χ4v) is 1.79. The second-order valence-corrected chi connectivity index (χ2v) is 4.21. The number of hydrogen-bond donors (Lipinski definition) is 0. The number of carbonyl (C=O) groups is 2. The number of benzene rings is 1. The average Bonchev–Trinajstić information content (AvgIpc) is 2.46. The van der Waals surface area contributed by atoms with Crippen LogP contribution in [0.4, 0.5) is 9.18 Å². The number of amides is 3. The lowest BCUT2D eigenvalue weighted by molar-refractivity contribution is -0.127. The predicted octanol–water partition coefficient (Wildman–Crippen LogP) is 1.40. The van der Waals surface area contributed by atoms with Gasteiger partial charge in [0.2, 0.25) is 0 Å². The van der Waals surface area contributed by atoms with Crippen LogP contribution in [0.3, 0.4) is 0 Å². The van der Waals surface area contributed by atoms with Gasteiger partial charge in [0.15, 0.2) is 17.7 Å². The molecule has 1 aromatic carbocycles. The number of aliphatic imine (C=N–C) groups is 2. The van der Waals surface area contributed by atoms with Crippen LogP contribution in [-0.4, -0.2) is 41.6 Å². The van der Waals surface area contributed by atoms with Gasteiger partial charge in [0.25, 0.3) is 5.91 Å². The Morgan fingerprint density at radius 2 is 1.85 bits per heavy atom. The Kier molecular flexibility index (Phi) is 2.70. The molecule has 0 saturated carbocycles. The number of nitrogens with zero attached hydrogens (tertiary/aromatic N) is 5. The highest BCUT2D eigenvalue weighted by molar-refractivity contribution is 6.21. The number of carbonyl (C=O) groups excluding carboxylic acids is 2. The number of amidine groups is 2. The SMILES string of the molecule is CN1C(=O)N=C2N=NC(c3ccc(F)cc3)=NC2C1=O. The van der Waals surface area contributed by atoms with Gasteiger partial charge in [-0.2, -0.15) is 4.99 Å². The first-order chi connectivity index (χ1) is 9.56. The van der Waals surface area contributed by atoms with E-state index in [0.717, 1.165) is 4.90 Å². The zero-order chi connectivity index (χ0) is 14.3. The lowest BCUT2D eigenvalue weighted by atomic mass is 10.1. The normalized spacial score (nSPS) is 21.5. The Labute approximate surface area is 112 Å². The Morgan fingerprint density at radius 1 is 1.15 bits per heavy atom. The first-order valence-electron chi connectivity index (χ1n) is 5.72. The topological polar surface area (TPSA) is 86.8 Å². The number of azo groups is 1. The van der Waals surface area contributed by atoms with Gasteiger partial charge in [-0.15, -0.1) is 10.2 Å². The number of hydrogen-bond acceptors (Lipinski definition) is 5. The smallest absolute Gasteiger partial charge is 0.271 e. The van der Waals surface area contributed by atoms with Crippen molar-refractivity contribution >= 4 is 23.6 Å². The summed E-state index contributed by atoms with van der Waals surface area (Å²) in [5.74, 6) is -0.726. The van der Waals surface area contributed by atoms with Crippen molar-refractivity contribution in [3.63, 3.8) is 0 Å². The largest absolute Gasteiger partial charge is 0.351 e. The summed E-state index contributed by atoms with van der Waals surface area (Å²) in [6.07, 6.45) is 0. The summed E-state index contributed by atoms with van der Waals surface area (Å²) in [7, 11) is 1.32. The lowest BCUT2D eigenvalue weighted by Gasteiger charge is -2.24. The summed E-state index contributed by atoms with van der Waals surface area (Å²) < 4.78 is 12.9. The number of rotatable bonds is 1. The van der Waals surface area contributed by atoms with Crippen LogP contribution in [0.2, 0.25) is 0 Å². The van der Waals surface area contributed by atoms with E-state index in [2.05, 4.69) is 20.2 Å². The van der Waals surface area contributed by atoms with Gasteiger partial charge < -0.3 is 0 Å². The fourth-order valence-electron chi connectivity index (χ4n) is 1.79. The molecular weight excluding hydrogens is 265 g/mol. The number of likely N-dealkylation sites (N-methyl/N-ethyl adjacent to an activating group) is 1. The van der Waals surface area contributed by atoms with Gasteiger partial charge in [-0.3, -0.25) is 9.69 Å². The van der Waals surface area contributed by atoms with Gasteiger partial charge >= 0.3 is 6.03 Å². The van der Waals surface area contributed by atoms with Crippen LogP contribution < -0.4 is 0 Å². The molecule has 2 aliphatic rings. The Hall–Kier alpha value is -2.77. The molecule has 0 aliphatic carbocycles. The van der Waals surface area contributed by atoms with E-state index in [1.54, 1.807) is 0 Å². The number of imide groups is 1. The van der Waals surface area contributed by atoms with Crippen LogP contribution in [-0.2, 0) is 4.79 Å². The van der Waals surface area contributed by atoms with Crippen molar-refractivity contribution in [1.82, 2.24) is 4.90 Å². The zero-order valence-corrected chi connectivity index (χ0v) is 10.3. The van der Waals surface area contributed by atoms with E-state index in [1.807, 2.05) is 0 Å². The van der Waals surface area contributed by atoms with E-state index < -0.39 is 18.0 Å². The molecule has 1 atom stereocenters. The van der Waals surface area contributed by atoms with Crippen LogP contribution in [0.1, 0.15) is 5.56 Å². The van der Waals surface area contributed by atoms with Crippen LogP contribution in [0.15, 0.2) is 44.5 Å². The van der Waals surface area contributed by atoms with Gasteiger partial charge in [-0.25, -0.2) is 14.2 Å². The zero-order valence-electron chi connectivity index (χ0n) is 10.3. The van der Waals surface area contributed by atoms with Crippen LogP contribution in [0, 0.1) is 5.82 Å². The quantitative estimate of drug-likeness (QED) is 0.774. The molecule has 0 saturated heterocycles. The van der Waals surface area contributed by atoms with E-state index in [9.17, 15) is 14.0 Å². The molecule has 0 aromatic heterocycles. The first kappa shape index (κ1) is 12.3. The Balaban J connectivity index is 2.00. The second kappa shape index (κ2) is 4.41. The monoisotopic (exact) mass is 273 g/mol. The minimum Gasteiger partial charge on any atom is -0.271 e. The molecule has 2 heterocycles. The van der Waals surface area contributed by atoms with E-state index >= 15 is 0 Å². The third kappa shape index (κ3) is 1.91. The van der Waals surface area contributed by atoms with Crippen molar-refractivity contribution in [2.45, 2.75) is 6.04 Å². The number of fused-ring (bicyclic) bond motifs is 1. The minimum atomic E-state index is -0.977. The van der Waals surface area contributed by atoms with Gasteiger partial charge in [0, 0.05) is 12.6 Å². The summed E-state index contributed by atoms with van der Waals surface area (Å²) >= 11 is 0. The van der Waals surface area contributed by atoms with E-state index in [4.69, 9.17) is 0 Å². The molecule has 0 radical (unpaired) electrons. The molecule has 3 amide bonds. The van der Waals surface area contributed by atoms with Crippen molar-refractivity contribution < 1.29 is 14.0 Å². The summed E-state index contributed by atoms with van der Waals surface area (Å²) in [6, 6.07) is 3.82. The van der Waals surface area contributed by atoms with Gasteiger partial charge in [-0.05, 0) is 24.3 Å². The van der Waals surface area contributed by atoms with E-state index in [-0.39, 0.29) is 17.5 Å². The maximum Gasteiger partial charge on any atom is 0.351 e. The van der Waals surface area contributed by atoms with Crippen LogP contribution >= 0.6 is 0 Å². The molecule has 8 heteroatoms. The van der Waals surface area contributed by atoms with Crippen LogP contribution in [0.5, 0.6) is 0 Å².